The van der Waals surface area contributed by atoms with Crippen molar-refractivity contribution in [3.05, 3.63) is 52.7 Å². The molecule has 4 rings (SSSR count). The van der Waals surface area contributed by atoms with Crippen molar-refractivity contribution in [2.24, 2.45) is 0 Å². The Bertz CT molecular complexity index is 1020. The van der Waals surface area contributed by atoms with Gasteiger partial charge in [0.2, 0.25) is 11.1 Å². The molecule has 8 heteroatoms. The number of thioether (sulfide) groups is 1. The summed E-state index contributed by atoms with van der Waals surface area (Å²) in [5.41, 5.74) is 2.70. The summed E-state index contributed by atoms with van der Waals surface area (Å²) in [5.74, 6) is 0.0562. The molecule has 1 aliphatic carbocycles. The first-order valence-corrected chi connectivity index (χ1v) is 11.0. The summed E-state index contributed by atoms with van der Waals surface area (Å²) in [5, 5.41) is 18.1. The SMILES string of the molecule is N#Cc1c(NC(=O)CSc2ncn(-c3ccccc3)n2)sc2c1CCCCC2. The van der Waals surface area contributed by atoms with Gasteiger partial charge < -0.3 is 5.32 Å². The number of amides is 1. The van der Waals surface area contributed by atoms with Crippen molar-refractivity contribution in [2.75, 3.05) is 11.1 Å². The van der Waals surface area contributed by atoms with Crippen molar-refractivity contribution in [1.82, 2.24) is 14.8 Å². The molecule has 2 heterocycles. The van der Waals surface area contributed by atoms with E-state index in [4.69, 9.17) is 0 Å². The van der Waals surface area contributed by atoms with E-state index in [1.807, 2.05) is 30.3 Å². The summed E-state index contributed by atoms with van der Waals surface area (Å²) in [7, 11) is 0. The van der Waals surface area contributed by atoms with Crippen LogP contribution in [0, 0.1) is 11.3 Å². The number of nitrogens with zero attached hydrogens (tertiary/aromatic N) is 4. The van der Waals surface area contributed by atoms with Crippen molar-refractivity contribution in [1.29, 1.82) is 5.26 Å². The van der Waals surface area contributed by atoms with Crippen molar-refractivity contribution in [3.8, 4) is 11.8 Å². The lowest BCUT2D eigenvalue weighted by Gasteiger charge is -2.03. The largest absolute Gasteiger partial charge is 0.316 e. The number of nitriles is 1. The minimum atomic E-state index is -0.144. The van der Waals surface area contributed by atoms with E-state index < -0.39 is 0 Å². The van der Waals surface area contributed by atoms with Crippen LogP contribution >= 0.6 is 23.1 Å². The number of thiophene rings is 1. The number of aryl methyl sites for hydroxylation is 1. The molecule has 3 aromatic rings. The Morgan fingerprint density at radius 3 is 2.89 bits per heavy atom. The predicted molar refractivity (Wildman–Crippen MR) is 111 cm³/mol. The maximum atomic E-state index is 12.4. The summed E-state index contributed by atoms with van der Waals surface area (Å²) in [4.78, 5) is 17.9. The molecule has 1 N–H and O–H groups in total. The van der Waals surface area contributed by atoms with Crippen LogP contribution in [0.5, 0.6) is 0 Å². The van der Waals surface area contributed by atoms with E-state index in [1.165, 1.54) is 23.1 Å². The molecule has 0 unspecified atom stereocenters. The van der Waals surface area contributed by atoms with Gasteiger partial charge in [0, 0.05) is 4.88 Å². The lowest BCUT2D eigenvalue weighted by molar-refractivity contribution is -0.113. The molecule has 142 valence electrons. The molecule has 1 aromatic carbocycles. The van der Waals surface area contributed by atoms with Gasteiger partial charge in [0.15, 0.2) is 0 Å². The van der Waals surface area contributed by atoms with Crippen LogP contribution in [-0.2, 0) is 17.6 Å². The first kappa shape index (κ1) is 18.7. The fourth-order valence-electron chi connectivity index (χ4n) is 3.26. The number of anilines is 1. The zero-order valence-corrected chi connectivity index (χ0v) is 16.9. The number of carbonyl (C=O) groups excluding carboxylic acids is 1. The second-order valence-electron chi connectivity index (χ2n) is 6.52. The number of para-hydroxylation sites is 1. The van der Waals surface area contributed by atoms with Crippen LogP contribution in [0.3, 0.4) is 0 Å². The summed E-state index contributed by atoms with van der Waals surface area (Å²) in [6, 6.07) is 12.0. The van der Waals surface area contributed by atoms with Crippen molar-refractivity contribution in [2.45, 2.75) is 37.3 Å². The number of benzene rings is 1. The lowest BCUT2D eigenvalue weighted by atomic mass is 10.1. The van der Waals surface area contributed by atoms with Crippen molar-refractivity contribution in [3.63, 3.8) is 0 Å². The maximum Gasteiger partial charge on any atom is 0.235 e. The first-order valence-electron chi connectivity index (χ1n) is 9.19. The minimum Gasteiger partial charge on any atom is -0.316 e. The molecule has 0 radical (unpaired) electrons. The third kappa shape index (κ3) is 4.11. The van der Waals surface area contributed by atoms with Gasteiger partial charge >= 0.3 is 0 Å². The molecule has 6 nitrogen and oxygen atoms in total. The van der Waals surface area contributed by atoms with Crippen LogP contribution in [0.15, 0.2) is 41.8 Å². The molecule has 1 amide bonds. The fraction of sp³-hybridized carbons (Fsp3) is 0.300. The molecule has 28 heavy (non-hydrogen) atoms. The van der Waals surface area contributed by atoms with Gasteiger partial charge in [-0.15, -0.1) is 16.4 Å². The second-order valence-corrected chi connectivity index (χ2v) is 8.57. The standard InChI is InChI=1S/C20H19N5OS2/c21-11-16-15-9-5-2-6-10-17(15)28-19(16)23-18(26)12-27-20-22-13-25(24-20)14-7-3-1-4-8-14/h1,3-4,7-8,13H,2,5-6,9-10,12H2,(H,23,26). The Morgan fingerprint density at radius 2 is 2.07 bits per heavy atom. The highest BCUT2D eigenvalue weighted by molar-refractivity contribution is 7.99. The number of fused-ring (bicyclic) bond motifs is 1. The smallest absolute Gasteiger partial charge is 0.235 e. The Labute approximate surface area is 171 Å². The molecule has 0 atom stereocenters. The number of hydrogen-bond donors (Lipinski definition) is 1. The number of nitrogens with one attached hydrogen (secondary N) is 1. The van der Waals surface area contributed by atoms with Crippen LogP contribution in [0.25, 0.3) is 5.69 Å². The van der Waals surface area contributed by atoms with Gasteiger partial charge in [0.25, 0.3) is 0 Å². The van der Waals surface area contributed by atoms with E-state index in [9.17, 15) is 10.1 Å². The van der Waals surface area contributed by atoms with Gasteiger partial charge in [-0.1, -0.05) is 36.4 Å². The third-order valence-corrected chi connectivity index (χ3v) is 6.67. The molecule has 2 aromatic heterocycles. The second kappa shape index (κ2) is 8.59. The van der Waals surface area contributed by atoms with Crippen LogP contribution in [-0.4, -0.2) is 26.4 Å². The number of hydrogen-bond acceptors (Lipinski definition) is 6. The minimum absolute atomic E-state index is 0.144. The van der Waals surface area contributed by atoms with Gasteiger partial charge in [-0.3, -0.25) is 4.79 Å². The van der Waals surface area contributed by atoms with E-state index >= 15 is 0 Å². The molecular weight excluding hydrogens is 390 g/mol. The van der Waals surface area contributed by atoms with Crippen LogP contribution in [0.4, 0.5) is 5.00 Å². The van der Waals surface area contributed by atoms with Crippen LogP contribution in [0.2, 0.25) is 0 Å². The number of carbonyl (C=O) groups is 1. The highest BCUT2D eigenvalue weighted by Crippen LogP contribution is 2.37. The van der Waals surface area contributed by atoms with Crippen molar-refractivity contribution < 1.29 is 4.79 Å². The van der Waals surface area contributed by atoms with Gasteiger partial charge in [-0.2, -0.15) is 5.26 Å². The van der Waals surface area contributed by atoms with Gasteiger partial charge in [0.1, 0.15) is 17.4 Å². The molecule has 0 saturated heterocycles. The van der Waals surface area contributed by atoms with E-state index in [2.05, 4.69) is 21.5 Å². The predicted octanol–water partition coefficient (Wildman–Crippen LogP) is 4.20. The quantitative estimate of drug-likeness (QED) is 0.504. The Hall–Kier alpha value is -2.63. The van der Waals surface area contributed by atoms with Crippen LogP contribution in [0.1, 0.15) is 35.3 Å². The van der Waals surface area contributed by atoms with E-state index in [0.29, 0.717) is 15.7 Å². The van der Waals surface area contributed by atoms with Crippen molar-refractivity contribution >= 4 is 34.0 Å². The normalized spacial score (nSPS) is 13.4. The van der Waals surface area contributed by atoms with Gasteiger partial charge in [-0.05, 0) is 43.4 Å². The summed E-state index contributed by atoms with van der Waals surface area (Å²) in [6.45, 7) is 0. The highest BCUT2D eigenvalue weighted by Gasteiger charge is 2.21. The zero-order valence-electron chi connectivity index (χ0n) is 15.2. The lowest BCUT2D eigenvalue weighted by Crippen LogP contribution is -2.14. The van der Waals surface area contributed by atoms with Crippen LogP contribution < -0.4 is 5.32 Å². The summed E-state index contributed by atoms with van der Waals surface area (Å²) >= 11 is 2.83. The topological polar surface area (TPSA) is 83.6 Å². The first-order chi connectivity index (χ1) is 13.7. The monoisotopic (exact) mass is 409 g/mol. The summed E-state index contributed by atoms with van der Waals surface area (Å²) in [6.07, 6.45) is 7.03. The Kier molecular flexibility index (Phi) is 5.74. The molecule has 0 fully saturated rings. The Balaban J connectivity index is 1.39. The maximum absolute atomic E-state index is 12.4. The summed E-state index contributed by atoms with van der Waals surface area (Å²) < 4.78 is 1.68. The molecular formula is C20H19N5OS2. The zero-order chi connectivity index (χ0) is 19.3. The molecule has 0 aliphatic heterocycles. The molecule has 1 aliphatic rings. The highest BCUT2D eigenvalue weighted by atomic mass is 32.2. The number of aromatic nitrogens is 3. The van der Waals surface area contributed by atoms with E-state index in [-0.39, 0.29) is 11.7 Å². The van der Waals surface area contributed by atoms with E-state index in [0.717, 1.165) is 36.9 Å². The molecule has 0 bridgehead atoms. The average molecular weight is 410 g/mol. The third-order valence-electron chi connectivity index (χ3n) is 4.61. The number of rotatable bonds is 5. The fourth-order valence-corrected chi connectivity index (χ4v) is 5.12. The molecule has 0 spiro atoms. The molecule has 0 saturated carbocycles. The Morgan fingerprint density at radius 1 is 1.25 bits per heavy atom. The van der Waals surface area contributed by atoms with Gasteiger partial charge in [0.05, 0.1) is 17.0 Å². The van der Waals surface area contributed by atoms with E-state index in [1.54, 1.807) is 22.3 Å². The average Bonchev–Trinajstić information content (AvgIpc) is 3.25. The van der Waals surface area contributed by atoms with Gasteiger partial charge in [-0.25, -0.2) is 9.67 Å².